The lowest BCUT2D eigenvalue weighted by Crippen LogP contribution is -2.49. The highest BCUT2D eigenvalue weighted by Gasteiger charge is 2.36. The van der Waals surface area contributed by atoms with Crippen molar-refractivity contribution in [3.05, 3.63) is 34.4 Å². The van der Waals surface area contributed by atoms with Crippen LogP contribution in [-0.2, 0) is 4.79 Å². The van der Waals surface area contributed by atoms with Gasteiger partial charge >= 0.3 is 5.97 Å². The van der Waals surface area contributed by atoms with Crippen molar-refractivity contribution in [3.63, 3.8) is 0 Å². The molecule has 1 fully saturated rings. The van der Waals surface area contributed by atoms with Gasteiger partial charge in [-0.05, 0) is 31.9 Å². The Hall–Kier alpha value is -1.82. The van der Waals surface area contributed by atoms with Crippen LogP contribution in [0, 0.1) is 5.92 Å². The zero-order chi connectivity index (χ0) is 15.9. The van der Waals surface area contributed by atoms with Gasteiger partial charge in [-0.15, -0.1) is 0 Å². The first-order valence-corrected chi connectivity index (χ1v) is 8.09. The molecule has 5 nitrogen and oxygen atoms in total. The molecule has 22 heavy (non-hydrogen) atoms. The Kier molecular flexibility index (Phi) is 3.95. The van der Waals surface area contributed by atoms with E-state index < -0.39 is 11.9 Å². The second-order valence-electron chi connectivity index (χ2n) is 5.69. The molecule has 1 saturated heterocycles. The normalized spacial score (nSPS) is 22.0. The Morgan fingerprint density at radius 2 is 2.18 bits per heavy atom. The predicted molar refractivity (Wildman–Crippen MR) is 86.9 cm³/mol. The van der Waals surface area contributed by atoms with E-state index in [4.69, 9.17) is 0 Å². The fraction of sp³-hybridized carbons (Fsp3) is 0.375. The van der Waals surface area contributed by atoms with Gasteiger partial charge < -0.3 is 15.0 Å². The molecule has 2 N–H and O–H groups in total. The van der Waals surface area contributed by atoms with Crippen molar-refractivity contribution in [1.29, 1.82) is 0 Å². The second kappa shape index (κ2) is 5.76. The number of carbonyl (C=O) groups excluding carboxylic acids is 1. The molecular formula is C16H17BrN2O3. The Morgan fingerprint density at radius 3 is 2.91 bits per heavy atom. The Balaban J connectivity index is 1.97. The number of aromatic nitrogens is 1. The van der Waals surface area contributed by atoms with Gasteiger partial charge in [0, 0.05) is 34.2 Å². The third kappa shape index (κ3) is 2.41. The van der Waals surface area contributed by atoms with Crippen LogP contribution in [0.25, 0.3) is 10.9 Å². The van der Waals surface area contributed by atoms with E-state index in [1.807, 2.05) is 25.1 Å². The third-order valence-corrected chi connectivity index (χ3v) is 5.11. The highest BCUT2D eigenvalue weighted by molar-refractivity contribution is 9.10. The molecule has 6 heteroatoms. The van der Waals surface area contributed by atoms with Crippen LogP contribution in [0.1, 0.15) is 30.1 Å². The molecule has 3 rings (SSSR count). The molecule has 0 aliphatic carbocycles. The van der Waals surface area contributed by atoms with Crippen LogP contribution in [0.5, 0.6) is 0 Å². The smallest absolute Gasteiger partial charge is 0.308 e. The number of carbonyl (C=O) groups is 2. The molecule has 1 amide bonds. The summed E-state index contributed by atoms with van der Waals surface area (Å²) in [6.07, 6.45) is 3.04. The summed E-state index contributed by atoms with van der Waals surface area (Å²) in [5, 5.41) is 10.1. The fourth-order valence-electron chi connectivity index (χ4n) is 3.22. The first-order chi connectivity index (χ1) is 10.5. The number of benzene rings is 1. The van der Waals surface area contributed by atoms with Crippen molar-refractivity contribution in [2.75, 3.05) is 6.54 Å². The van der Waals surface area contributed by atoms with E-state index in [-0.39, 0.29) is 11.9 Å². The Morgan fingerprint density at radius 1 is 1.41 bits per heavy atom. The van der Waals surface area contributed by atoms with E-state index in [1.54, 1.807) is 11.1 Å². The van der Waals surface area contributed by atoms with E-state index in [1.165, 1.54) is 0 Å². The maximum atomic E-state index is 12.9. The SMILES string of the molecule is C[C@@H]1[C@H](C(=O)O)CCCN1C(=O)c1c[nH]c2cccc(Br)c12. The molecule has 2 atom stereocenters. The van der Waals surface area contributed by atoms with Gasteiger partial charge in [0.05, 0.1) is 11.5 Å². The number of rotatable bonds is 2. The van der Waals surface area contributed by atoms with Gasteiger partial charge in [-0.1, -0.05) is 22.0 Å². The van der Waals surface area contributed by atoms with Gasteiger partial charge in [-0.3, -0.25) is 9.59 Å². The summed E-state index contributed by atoms with van der Waals surface area (Å²) in [7, 11) is 0. The van der Waals surface area contributed by atoms with Crippen molar-refractivity contribution in [2.45, 2.75) is 25.8 Å². The Bertz CT molecular complexity index is 740. The Labute approximate surface area is 136 Å². The average Bonchev–Trinajstić information content (AvgIpc) is 2.92. The van der Waals surface area contributed by atoms with Crippen molar-refractivity contribution in [2.24, 2.45) is 5.92 Å². The zero-order valence-corrected chi connectivity index (χ0v) is 13.8. The standard InChI is InChI=1S/C16H17BrN2O3/c1-9-10(16(21)22)4-3-7-19(9)15(20)11-8-18-13-6-2-5-12(17)14(11)13/h2,5-6,8-10,18H,3-4,7H2,1H3,(H,21,22)/t9-,10-/m1/s1. The van der Waals surface area contributed by atoms with Crippen LogP contribution in [0.15, 0.2) is 28.9 Å². The van der Waals surface area contributed by atoms with Gasteiger partial charge in [0.15, 0.2) is 0 Å². The molecule has 0 unspecified atom stereocenters. The van der Waals surface area contributed by atoms with E-state index in [9.17, 15) is 14.7 Å². The number of likely N-dealkylation sites (tertiary alicyclic amines) is 1. The van der Waals surface area contributed by atoms with Crippen LogP contribution < -0.4 is 0 Å². The van der Waals surface area contributed by atoms with Crippen LogP contribution in [0.4, 0.5) is 0 Å². The molecule has 2 heterocycles. The molecular weight excluding hydrogens is 348 g/mol. The molecule has 1 aliphatic rings. The second-order valence-corrected chi connectivity index (χ2v) is 6.55. The van der Waals surface area contributed by atoms with Gasteiger partial charge in [-0.25, -0.2) is 0 Å². The molecule has 0 spiro atoms. The lowest BCUT2D eigenvalue weighted by atomic mass is 9.90. The molecule has 2 aromatic rings. The van der Waals surface area contributed by atoms with Crippen molar-refractivity contribution < 1.29 is 14.7 Å². The fourth-order valence-corrected chi connectivity index (χ4v) is 3.80. The minimum atomic E-state index is -0.829. The number of hydrogen-bond acceptors (Lipinski definition) is 2. The van der Waals surface area contributed by atoms with Crippen molar-refractivity contribution in [3.8, 4) is 0 Å². The van der Waals surface area contributed by atoms with Crippen LogP contribution >= 0.6 is 15.9 Å². The number of halogens is 1. The van der Waals surface area contributed by atoms with Crippen LogP contribution in [0.3, 0.4) is 0 Å². The van der Waals surface area contributed by atoms with Gasteiger partial charge in [-0.2, -0.15) is 0 Å². The highest BCUT2D eigenvalue weighted by atomic mass is 79.9. The number of H-pyrrole nitrogens is 1. The van der Waals surface area contributed by atoms with E-state index >= 15 is 0 Å². The quantitative estimate of drug-likeness (QED) is 0.858. The number of amides is 1. The number of fused-ring (bicyclic) bond motifs is 1. The summed E-state index contributed by atoms with van der Waals surface area (Å²) < 4.78 is 0.856. The van der Waals surface area contributed by atoms with E-state index in [0.717, 1.165) is 21.8 Å². The summed E-state index contributed by atoms with van der Waals surface area (Å²) in [5.41, 5.74) is 1.47. The molecule has 1 aliphatic heterocycles. The van der Waals surface area contributed by atoms with Gasteiger partial charge in [0.1, 0.15) is 0 Å². The zero-order valence-electron chi connectivity index (χ0n) is 12.2. The lowest BCUT2D eigenvalue weighted by Gasteiger charge is -2.37. The number of hydrogen-bond donors (Lipinski definition) is 2. The number of aliphatic carboxylic acids is 1. The first-order valence-electron chi connectivity index (χ1n) is 7.30. The summed E-state index contributed by atoms with van der Waals surface area (Å²) in [6.45, 7) is 2.42. The number of nitrogens with one attached hydrogen (secondary N) is 1. The molecule has 116 valence electrons. The first kappa shape index (κ1) is 15.1. The van der Waals surface area contributed by atoms with Crippen LogP contribution in [0.2, 0.25) is 0 Å². The topological polar surface area (TPSA) is 73.4 Å². The molecule has 1 aromatic heterocycles. The van der Waals surface area contributed by atoms with Gasteiger partial charge in [0.2, 0.25) is 0 Å². The van der Waals surface area contributed by atoms with Crippen LogP contribution in [-0.4, -0.2) is 39.5 Å². The molecule has 1 aromatic carbocycles. The maximum absolute atomic E-state index is 12.9. The number of piperidine rings is 1. The summed E-state index contributed by atoms with van der Waals surface area (Å²) in [5.74, 6) is -1.44. The number of nitrogens with zero attached hydrogens (tertiary/aromatic N) is 1. The monoisotopic (exact) mass is 364 g/mol. The number of carboxylic acids is 1. The minimum absolute atomic E-state index is 0.114. The van der Waals surface area contributed by atoms with Gasteiger partial charge in [0.25, 0.3) is 5.91 Å². The average molecular weight is 365 g/mol. The molecule has 0 bridgehead atoms. The highest BCUT2D eigenvalue weighted by Crippen LogP contribution is 2.31. The molecule has 0 saturated carbocycles. The lowest BCUT2D eigenvalue weighted by molar-refractivity contribution is -0.144. The number of aromatic amines is 1. The largest absolute Gasteiger partial charge is 0.481 e. The maximum Gasteiger partial charge on any atom is 0.308 e. The summed E-state index contributed by atoms with van der Waals surface area (Å²) >= 11 is 3.48. The molecule has 0 radical (unpaired) electrons. The minimum Gasteiger partial charge on any atom is -0.481 e. The van der Waals surface area contributed by atoms with E-state index in [0.29, 0.717) is 18.5 Å². The third-order valence-electron chi connectivity index (χ3n) is 4.45. The summed E-state index contributed by atoms with van der Waals surface area (Å²) in [4.78, 5) is 29.0. The number of carboxylic acid groups (broad SMARTS) is 1. The summed E-state index contributed by atoms with van der Waals surface area (Å²) in [6, 6.07) is 5.41. The van der Waals surface area contributed by atoms with Crippen molar-refractivity contribution >= 4 is 38.7 Å². The predicted octanol–water partition coefficient (Wildman–Crippen LogP) is 3.26. The van der Waals surface area contributed by atoms with Crippen molar-refractivity contribution in [1.82, 2.24) is 9.88 Å². The van der Waals surface area contributed by atoms with E-state index in [2.05, 4.69) is 20.9 Å².